The lowest BCUT2D eigenvalue weighted by Gasteiger charge is -2.18. The van der Waals surface area contributed by atoms with Gasteiger partial charge in [-0.1, -0.05) is 0 Å². The summed E-state index contributed by atoms with van der Waals surface area (Å²) >= 11 is 0. The lowest BCUT2D eigenvalue weighted by molar-refractivity contribution is 0.0978. The van der Waals surface area contributed by atoms with Crippen molar-refractivity contribution in [2.45, 2.75) is 6.92 Å². The summed E-state index contributed by atoms with van der Waals surface area (Å²) in [6.07, 6.45) is 0. The van der Waals surface area contributed by atoms with Gasteiger partial charge < -0.3 is 10.2 Å². The maximum Gasteiger partial charge on any atom is 0.194 e. The summed E-state index contributed by atoms with van der Waals surface area (Å²) < 4.78 is 0. The largest absolute Gasteiger partial charge is 0.508 e. The molecule has 2 N–H and O–H groups in total. The minimum Gasteiger partial charge on any atom is -0.508 e. The number of aryl methyl sites for hydroxylation is 1. The fraction of sp³-hybridized carbons (Fsp3) is 0.0667. The van der Waals surface area contributed by atoms with Gasteiger partial charge in [-0.05, 0) is 42.8 Å². The number of benzene rings is 2. The lowest BCUT2D eigenvalue weighted by atomic mass is 9.83. The van der Waals surface area contributed by atoms with Crippen molar-refractivity contribution < 1.29 is 19.8 Å². The first-order chi connectivity index (χ1) is 8.99. The average Bonchev–Trinajstić information content (AvgIpc) is 2.38. The minimum atomic E-state index is -0.365. The van der Waals surface area contributed by atoms with Gasteiger partial charge in [0, 0.05) is 22.3 Å². The number of hydrogen-bond acceptors (Lipinski definition) is 4. The number of aromatic hydroxyl groups is 2. The highest BCUT2D eigenvalue weighted by molar-refractivity contribution is 6.28. The Bertz CT molecular complexity index is 744. The number of fused-ring (bicyclic) bond motifs is 2. The molecule has 1 aliphatic carbocycles. The second-order valence-corrected chi connectivity index (χ2v) is 4.57. The monoisotopic (exact) mass is 254 g/mol. The van der Waals surface area contributed by atoms with E-state index in [1.807, 2.05) is 0 Å². The highest BCUT2D eigenvalue weighted by Crippen LogP contribution is 2.32. The molecule has 0 amide bonds. The van der Waals surface area contributed by atoms with Gasteiger partial charge in [-0.3, -0.25) is 9.59 Å². The summed E-state index contributed by atoms with van der Waals surface area (Å²) in [5.74, 6) is -0.730. The Balaban J connectivity index is 2.32. The predicted octanol–water partition coefficient (Wildman–Crippen LogP) is 2.18. The van der Waals surface area contributed by atoms with Crippen LogP contribution in [0.2, 0.25) is 0 Å². The van der Waals surface area contributed by atoms with Crippen molar-refractivity contribution in [3.05, 3.63) is 58.1 Å². The third kappa shape index (κ3) is 1.53. The van der Waals surface area contributed by atoms with Crippen molar-refractivity contribution in [1.82, 2.24) is 0 Å². The topological polar surface area (TPSA) is 74.6 Å². The lowest BCUT2D eigenvalue weighted by Crippen LogP contribution is -2.20. The molecule has 0 bridgehead atoms. The Morgan fingerprint density at radius 3 is 2.11 bits per heavy atom. The quantitative estimate of drug-likeness (QED) is 0.644. The SMILES string of the molecule is Cc1cc2c(cc1O)C(=O)c1cc(O)ccc1C2=O. The van der Waals surface area contributed by atoms with Gasteiger partial charge in [0.05, 0.1) is 0 Å². The summed E-state index contributed by atoms with van der Waals surface area (Å²) in [5, 5.41) is 19.1. The normalized spacial score (nSPS) is 13.1. The van der Waals surface area contributed by atoms with Crippen molar-refractivity contribution in [1.29, 1.82) is 0 Å². The van der Waals surface area contributed by atoms with E-state index in [2.05, 4.69) is 0 Å². The number of hydrogen-bond donors (Lipinski definition) is 2. The van der Waals surface area contributed by atoms with Gasteiger partial charge in [0.25, 0.3) is 0 Å². The Morgan fingerprint density at radius 1 is 0.789 bits per heavy atom. The van der Waals surface area contributed by atoms with Crippen molar-refractivity contribution in [3.63, 3.8) is 0 Å². The van der Waals surface area contributed by atoms with Crippen LogP contribution in [0.4, 0.5) is 0 Å². The number of phenolic OH excluding ortho intramolecular Hbond substituents is 2. The van der Waals surface area contributed by atoms with Crippen molar-refractivity contribution in [2.75, 3.05) is 0 Å². The molecule has 4 nitrogen and oxygen atoms in total. The zero-order valence-electron chi connectivity index (χ0n) is 10.1. The minimum absolute atomic E-state index is 0.0245. The van der Waals surface area contributed by atoms with E-state index in [-0.39, 0.29) is 39.8 Å². The van der Waals surface area contributed by atoms with E-state index >= 15 is 0 Å². The Kier molecular flexibility index (Phi) is 2.22. The average molecular weight is 254 g/mol. The number of carbonyl (C=O) groups excluding carboxylic acids is 2. The summed E-state index contributed by atoms with van der Waals surface area (Å²) in [5.41, 5.74) is 1.45. The van der Waals surface area contributed by atoms with Crippen LogP contribution >= 0.6 is 0 Å². The molecule has 2 aromatic carbocycles. The summed E-state index contributed by atoms with van der Waals surface area (Å²) in [6.45, 7) is 1.67. The van der Waals surface area contributed by atoms with E-state index in [4.69, 9.17) is 0 Å². The van der Waals surface area contributed by atoms with Crippen LogP contribution in [-0.4, -0.2) is 21.8 Å². The number of phenols is 2. The molecule has 0 saturated heterocycles. The maximum absolute atomic E-state index is 12.3. The maximum atomic E-state index is 12.3. The van der Waals surface area contributed by atoms with Crippen LogP contribution in [0.1, 0.15) is 37.4 Å². The molecule has 0 atom stereocenters. The molecule has 0 aliphatic heterocycles. The van der Waals surface area contributed by atoms with Crippen molar-refractivity contribution >= 4 is 11.6 Å². The first-order valence-corrected chi connectivity index (χ1v) is 5.75. The Hall–Kier alpha value is -2.62. The van der Waals surface area contributed by atoms with Crippen molar-refractivity contribution in [3.8, 4) is 11.5 Å². The molecule has 94 valence electrons. The summed E-state index contributed by atoms with van der Waals surface area (Å²) in [7, 11) is 0. The molecule has 0 aromatic heterocycles. The van der Waals surface area contributed by atoms with Gasteiger partial charge >= 0.3 is 0 Å². The molecule has 0 saturated carbocycles. The van der Waals surface area contributed by atoms with Gasteiger partial charge in [0.2, 0.25) is 0 Å². The van der Waals surface area contributed by atoms with Crippen LogP contribution in [-0.2, 0) is 0 Å². The Morgan fingerprint density at radius 2 is 1.37 bits per heavy atom. The van der Waals surface area contributed by atoms with Crippen LogP contribution in [0.3, 0.4) is 0 Å². The third-order valence-electron chi connectivity index (χ3n) is 3.32. The molecule has 0 unspecified atom stereocenters. The van der Waals surface area contributed by atoms with Gasteiger partial charge in [0.15, 0.2) is 11.6 Å². The fourth-order valence-electron chi connectivity index (χ4n) is 2.28. The molecule has 19 heavy (non-hydrogen) atoms. The van der Waals surface area contributed by atoms with E-state index in [9.17, 15) is 19.8 Å². The van der Waals surface area contributed by atoms with Crippen molar-refractivity contribution in [2.24, 2.45) is 0 Å². The van der Waals surface area contributed by atoms with Crippen LogP contribution in [0.15, 0.2) is 30.3 Å². The highest BCUT2D eigenvalue weighted by Gasteiger charge is 2.30. The van der Waals surface area contributed by atoms with Gasteiger partial charge in [-0.15, -0.1) is 0 Å². The van der Waals surface area contributed by atoms with Gasteiger partial charge in [-0.2, -0.15) is 0 Å². The molecule has 0 spiro atoms. The van der Waals surface area contributed by atoms with Crippen LogP contribution in [0.25, 0.3) is 0 Å². The van der Waals surface area contributed by atoms with E-state index in [0.29, 0.717) is 11.1 Å². The summed E-state index contributed by atoms with van der Waals surface area (Å²) in [4.78, 5) is 24.6. The van der Waals surface area contributed by atoms with Crippen LogP contribution in [0, 0.1) is 6.92 Å². The molecule has 0 radical (unpaired) electrons. The van der Waals surface area contributed by atoms with Gasteiger partial charge in [-0.25, -0.2) is 0 Å². The zero-order valence-corrected chi connectivity index (χ0v) is 10.1. The van der Waals surface area contributed by atoms with Crippen LogP contribution < -0.4 is 0 Å². The molecular formula is C15H10O4. The molecule has 3 rings (SSSR count). The fourth-order valence-corrected chi connectivity index (χ4v) is 2.28. The zero-order chi connectivity index (χ0) is 13.7. The Labute approximate surface area is 108 Å². The smallest absolute Gasteiger partial charge is 0.194 e. The van der Waals surface area contributed by atoms with E-state index < -0.39 is 0 Å². The first-order valence-electron chi connectivity index (χ1n) is 5.75. The molecule has 2 aromatic rings. The standard InChI is InChI=1S/C15H10O4/c1-7-4-10-12(6-13(7)17)15(19)11-5-8(16)2-3-9(11)14(10)18/h2-6,16-17H,1H3. The third-order valence-corrected chi connectivity index (χ3v) is 3.32. The second kappa shape index (κ2) is 3.68. The number of rotatable bonds is 0. The van der Waals surface area contributed by atoms with E-state index in [0.717, 1.165) is 0 Å². The first kappa shape index (κ1) is 11.5. The molecular weight excluding hydrogens is 244 g/mol. The predicted molar refractivity (Wildman–Crippen MR) is 67.8 cm³/mol. The highest BCUT2D eigenvalue weighted by atomic mass is 16.3. The molecule has 0 heterocycles. The number of ketones is 2. The molecule has 0 fully saturated rings. The van der Waals surface area contributed by atoms with E-state index in [1.165, 1.54) is 30.3 Å². The second-order valence-electron chi connectivity index (χ2n) is 4.57. The van der Waals surface area contributed by atoms with E-state index in [1.54, 1.807) is 6.92 Å². The van der Waals surface area contributed by atoms with Crippen LogP contribution in [0.5, 0.6) is 11.5 Å². The molecule has 1 aliphatic rings. The number of carbonyl (C=O) groups is 2. The molecule has 4 heteroatoms. The summed E-state index contributed by atoms with van der Waals surface area (Å²) in [6, 6.07) is 6.91. The van der Waals surface area contributed by atoms with Gasteiger partial charge in [0.1, 0.15) is 11.5 Å².